The Morgan fingerprint density at radius 2 is 1.87 bits per heavy atom. The number of carbonyl (C=O) groups excluding carboxylic acids is 2. The van der Waals surface area contributed by atoms with Crippen LogP contribution in [0.1, 0.15) is 25.0 Å². The number of amidine groups is 1. The zero-order chi connectivity index (χ0) is 17.4. The van der Waals surface area contributed by atoms with E-state index < -0.39 is 30.0 Å². The van der Waals surface area contributed by atoms with Gasteiger partial charge in [-0.25, -0.2) is 4.79 Å². The molecule has 1 saturated heterocycles. The third-order valence-electron chi connectivity index (χ3n) is 4.03. The van der Waals surface area contributed by atoms with Crippen LogP contribution < -0.4 is 5.73 Å². The van der Waals surface area contributed by atoms with E-state index in [4.69, 9.17) is 16.2 Å². The first kappa shape index (κ1) is 16.5. The van der Waals surface area contributed by atoms with Gasteiger partial charge in [0.1, 0.15) is 17.9 Å². The Hall–Kier alpha value is -2.90. The number of aliphatic carboxylic acids is 1. The number of amides is 3. The molecule has 0 saturated carbocycles. The lowest BCUT2D eigenvalue weighted by Crippen LogP contribution is -2.44. The monoisotopic (exact) mass is 318 g/mol. The molecule has 8 heteroatoms. The number of carbonyl (C=O) groups is 3. The van der Waals surface area contributed by atoms with E-state index in [0.29, 0.717) is 11.1 Å². The second kappa shape index (κ2) is 5.71. The van der Waals surface area contributed by atoms with Crippen molar-refractivity contribution in [3.63, 3.8) is 0 Å². The van der Waals surface area contributed by atoms with Gasteiger partial charge < -0.3 is 15.7 Å². The Balaban J connectivity index is 2.48. The molecule has 0 unspecified atom stereocenters. The smallest absolute Gasteiger partial charge is 0.328 e. The van der Waals surface area contributed by atoms with Crippen molar-refractivity contribution in [1.82, 2.24) is 9.80 Å². The molecule has 1 fully saturated rings. The van der Waals surface area contributed by atoms with Crippen molar-refractivity contribution >= 4 is 23.7 Å². The van der Waals surface area contributed by atoms with Crippen molar-refractivity contribution < 1.29 is 19.5 Å². The zero-order valence-electron chi connectivity index (χ0n) is 12.9. The van der Waals surface area contributed by atoms with Gasteiger partial charge in [-0.1, -0.05) is 24.3 Å². The minimum absolute atomic E-state index is 0.102. The average molecular weight is 318 g/mol. The Morgan fingerprint density at radius 3 is 2.30 bits per heavy atom. The van der Waals surface area contributed by atoms with Gasteiger partial charge in [0.2, 0.25) is 0 Å². The predicted molar refractivity (Wildman–Crippen MR) is 81.9 cm³/mol. The minimum Gasteiger partial charge on any atom is -0.480 e. The maximum Gasteiger partial charge on any atom is 0.328 e. The maximum atomic E-state index is 12.7. The first-order valence-electron chi connectivity index (χ1n) is 7.03. The van der Waals surface area contributed by atoms with E-state index in [9.17, 15) is 14.4 Å². The summed E-state index contributed by atoms with van der Waals surface area (Å²) >= 11 is 0. The molecule has 0 aliphatic carbocycles. The number of nitrogens with two attached hydrogens (primary N) is 1. The van der Waals surface area contributed by atoms with Crippen LogP contribution in [0.3, 0.4) is 0 Å². The molecule has 23 heavy (non-hydrogen) atoms. The van der Waals surface area contributed by atoms with Crippen molar-refractivity contribution in [2.45, 2.75) is 19.4 Å². The van der Waals surface area contributed by atoms with Crippen LogP contribution in [0.25, 0.3) is 0 Å². The summed E-state index contributed by atoms with van der Waals surface area (Å²) in [4.78, 5) is 38.0. The fourth-order valence-electron chi connectivity index (χ4n) is 2.78. The number of urea groups is 1. The molecule has 1 aliphatic rings. The predicted octanol–water partition coefficient (Wildman–Crippen LogP) is 0.555. The SMILES string of the molecule is CCN1C(=O)N(CC(=O)O)C(=O)[C@@]1(C)c1ccc(C(=N)N)cc1. The first-order chi connectivity index (χ1) is 10.7. The Kier molecular flexibility index (Phi) is 4.09. The number of benzene rings is 1. The van der Waals surface area contributed by atoms with Crippen LogP contribution in [0.15, 0.2) is 24.3 Å². The topological polar surface area (TPSA) is 128 Å². The van der Waals surface area contributed by atoms with Gasteiger partial charge in [-0.3, -0.25) is 19.9 Å². The van der Waals surface area contributed by atoms with Gasteiger partial charge in [-0.15, -0.1) is 0 Å². The van der Waals surface area contributed by atoms with Crippen LogP contribution in [-0.4, -0.2) is 51.7 Å². The molecule has 0 bridgehead atoms. The highest BCUT2D eigenvalue weighted by atomic mass is 16.4. The molecule has 1 aliphatic heterocycles. The van der Waals surface area contributed by atoms with Crippen LogP contribution in [0, 0.1) is 5.41 Å². The molecule has 0 aromatic heterocycles. The third kappa shape index (κ3) is 2.52. The quantitative estimate of drug-likeness (QED) is 0.415. The molecule has 1 heterocycles. The Morgan fingerprint density at radius 1 is 1.30 bits per heavy atom. The number of imide groups is 1. The van der Waals surface area contributed by atoms with Crippen LogP contribution in [0.4, 0.5) is 4.79 Å². The maximum absolute atomic E-state index is 12.7. The molecule has 122 valence electrons. The van der Waals surface area contributed by atoms with E-state index in [-0.39, 0.29) is 12.4 Å². The molecule has 0 spiro atoms. The number of carboxylic acid groups (broad SMARTS) is 1. The second-order valence-electron chi connectivity index (χ2n) is 5.38. The lowest BCUT2D eigenvalue weighted by Gasteiger charge is -2.31. The number of hydrogen-bond acceptors (Lipinski definition) is 4. The summed E-state index contributed by atoms with van der Waals surface area (Å²) in [6.07, 6.45) is 0. The summed E-state index contributed by atoms with van der Waals surface area (Å²) in [6.45, 7) is 2.89. The van der Waals surface area contributed by atoms with E-state index in [1.54, 1.807) is 38.1 Å². The highest BCUT2D eigenvalue weighted by Crippen LogP contribution is 2.37. The molecule has 1 aromatic carbocycles. The largest absolute Gasteiger partial charge is 0.480 e. The fourth-order valence-corrected chi connectivity index (χ4v) is 2.78. The fraction of sp³-hybridized carbons (Fsp3) is 0.333. The van der Waals surface area contributed by atoms with Gasteiger partial charge in [-0.2, -0.15) is 0 Å². The molecule has 8 nitrogen and oxygen atoms in total. The number of nitrogens with zero attached hydrogens (tertiary/aromatic N) is 2. The Labute approximate surface area is 133 Å². The summed E-state index contributed by atoms with van der Waals surface area (Å²) in [5, 5.41) is 16.3. The van der Waals surface area contributed by atoms with E-state index in [0.717, 1.165) is 4.90 Å². The van der Waals surface area contributed by atoms with Crippen molar-refractivity contribution in [2.75, 3.05) is 13.1 Å². The number of rotatable bonds is 5. The molecular weight excluding hydrogens is 300 g/mol. The zero-order valence-corrected chi connectivity index (χ0v) is 12.9. The summed E-state index contributed by atoms with van der Waals surface area (Å²) in [6, 6.07) is 5.80. The van der Waals surface area contributed by atoms with Gasteiger partial charge >= 0.3 is 12.0 Å². The van der Waals surface area contributed by atoms with Gasteiger partial charge in [0, 0.05) is 12.1 Å². The standard InChI is InChI=1S/C15H18N4O4/c1-3-19-14(23)18(8-11(20)21)13(22)15(19,2)10-6-4-9(5-7-10)12(16)17/h4-7H,3,8H2,1-2H3,(H3,16,17)(H,20,21)/t15-/m1/s1. The van der Waals surface area contributed by atoms with Crippen molar-refractivity contribution in [3.8, 4) is 0 Å². The summed E-state index contributed by atoms with van der Waals surface area (Å²) in [5.74, 6) is -1.93. The normalized spacial score (nSPS) is 21.0. The molecule has 1 aromatic rings. The number of nitrogens with one attached hydrogen (secondary N) is 1. The van der Waals surface area contributed by atoms with Gasteiger partial charge in [0.05, 0.1) is 0 Å². The van der Waals surface area contributed by atoms with Crippen LogP contribution in [0.5, 0.6) is 0 Å². The van der Waals surface area contributed by atoms with E-state index in [2.05, 4.69) is 0 Å². The van der Waals surface area contributed by atoms with Crippen molar-refractivity contribution in [2.24, 2.45) is 5.73 Å². The van der Waals surface area contributed by atoms with Crippen LogP contribution in [0.2, 0.25) is 0 Å². The molecule has 0 radical (unpaired) electrons. The van der Waals surface area contributed by atoms with E-state index in [1.165, 1.54) is 4.90 Å². The van der Waals surface area contributed by atoms with Crippen LogP contribution in [-0.2, 0) is 15.1 Å². The van der Waals surface area contributed by atoms with Crippen LogP contribution >= 0.6 is 0 Å². The molecule has 4 N–H and O–H groups in total. The molecule has 2 rings (SSSR count). The summed E-state index contributed by atoms with van der Waals surface area (Å²) in [7, 11) is 0. The summed E-state index contributed by atoms with van der Waals surface area (Å²) < 4.78 is 0. The number of hydrogen-bond donors (Lipinski definition) is 3. The molecule has 3 amide bonds. The highest BCUT2D eigenvalue weighted by molar-refractivity contribution is 6.08. The highest BCUT2D eigenvalue weighted by Gasteiger charge is 2.55. The average Bonchev–Trinajstić information content (AvgIpc) is 2.68. The minimum atomic E-state index is -1.28. The van der Waals surface area contributed by atoms with Gasteiger partial charge in [-0.05, 0) is 19.4 Å². The van der Waals surface area contributed by atoms with E-state index in [1.807, 2.05) is 0 Å². The van der Waals surface area contributed by atoms with Gasteiger partial charge in [0.15, 0.2) is 0 Å². The van der Waals surface area contributed by atoms with Crippen molar-refractivity contribution in [1.29, 1.82) is 5.41 Å². The third-order valence-corrected chi connectivity index (χ3v) is 4.03. The van der Waals surface area contributed by atoms with Crippen molar-refractivity contribution in [3.05, 3.63) is 35.4 Å². The number of likely N-dealkylation sites (N-methyl/N-ethyl adjacent to an activating group) is 1. The summed E-state index contributed by atoms with van der Waals surface area (Å²) in [5.41, 5.74) is 5.16. The lowest BCUT2D eigenvalue weighted by molar-refractivity contribution is -0.143. The van der Waals surface area contributed by atoms with E-state index >= 15 is 0 Å². The second-order valence-corrected chi connectivity index (χ2v) is 5.38. The number of nitrogen functional groups attached to an aromatic ring is 1. The lowest BCUT2D eigenvalue weighted by atomic mass is 9.89. The first-order valence-corrected chi connectivity index (χ1v) is 7.03. The molecular formula is C15H18N4O4. The molecule has 1 atom stereocenters. The number of carboxylic acids is 1. The Bertz CT molecular complexity index is 685. The van der Waals surface area contributed by atoms with Gasteiger partial charge in [0.25, 0.3) is 5.91 Å².